The number of anilines is 1. The van der Waals surface area contributed by atoms with Crippen LogP contribution in [-0.4, -0.2) is 10.5 Å². The van der Waals surface area contributed by atoms with Crippen molar-refractivity contribution in [2.45, 2.75) is 20.8 Å². The molecule has 2 aromatic heterocycles. The largest absolute Gasteiger partial charge is 0.322 e. The third-order valence-electron chi connectivity index (χ3n) is 4.80. The summed E-state index contributed by atoms with van der Waals surface area (Å²) < 4.78 is 2.02. The number of aromatic nitrogens is 1. The number of rotatable bonds is 4. The minimum Gasteiger partial charge on any atom is -0.322 e. The molecule has 28 heavy (non-hydrogen) atoms. The van der Waals surface area contributed by atoms with Gasteiger partial charge in [0.15, 0.2) is 0 Å². The van der Waals surface area contributed by atoms with Gasteiger partial charge in [-0.3, -0.25) is 4.79 Å². The summed E-state index contributed by atoms with van der Waals surface area (Å²) in [6, 6.07) is 18.4. The van der Waals surface area contributed by atoms with Gasteiger partial charge in [0.05, 0.1) is 5.69 Å². The Morgan fingerprint density at radius 2 is 1.68 bits per heavy atom. The second-order valence-corrected chi connectivity index (χ2v) is 7.94. The molecule has 1 N–H and O–H groups in total. The molecule has 0 radical (unpaired) electrons. The molecule has 1 amide bonds. The lowest BCUT2D eigenvalue weighted by atomic mass is 10.0. The summed E-state index contributed by atoms with van der Waals surface area (Å²) >= 11 is 1.48. The molecule has 0 atom stereocenters. The Kier molecular flexibility index (Phi) is 4.88. The van der Waals surface area contributed by atoms with Gasteiger partial charge in [-0.1, -0.05) is 42.0 Å². The average molecular weight is 387 g/mol. The number of nitrogens with zero attached hydrogens (tertiary/aromatic N) is 1. The van der Waals surface area contributed by atoms with E-state index >= 15 is 0 Å². The molecule has 2 heterocycles. The molecule has 0 saturated carbocycles. The van der Waals surface area contributed by atoms with Crippen molar-refractivity contribution in [1.82, 2.24) is 4.57 Å². The van der Waals surface area contributed by atoms with Gasteiger partial charge in [-0.2, -0.15) is 0 Å². The number of hydrogen-bond donors (Lipinski definition) is 1. The van der Waals surface area contributed by atoms with Crippen molar-refractivity contribution in [3.8, 4) is 16.8 Å². The Labute approximate surface area is 169 Å². The van der Waals surface area contributed by atoms with Gasteiger partial charge in [-0.15, -0.1) is 11.3 Å². The number of amides is 1. The third kappa shape index (κ3) is 3.51. The molecule has 0 aliphatic rings. The number of carbonyl (C=O) groups excluding carboxylic acids is 1. The topological polar surface area (TPSA) is 34.0 Å². The van der Waals surface area contributed by atoms with Crippen LogP contribution in [0.15, 0.2) is 72.4 Å². The Morgan fingerprint density at radius 1 is 0.929 bits per heavy atom. The first-order valence-corrected chi connectivity index (χ1v) is 10.1. The van der Waals surface area contributed by atoms with Crippen LogP contribution in [0.4, 0.5) is 5.69 Å². The van der Waals surface area contributed by atoms with Gasteiger partial charge in [0, 0.05) is 29.0 Å². The first-order chi connectivity index (χ1) is 13.5. The van der Waals surface area contributed by atoms with E-state index in [4.69, 9.17) is 0 Å². The highest BCUT2D eigenvalue weighted by Gasteiger charge is 2.21. The van der Waals surface area contributed by atoms with Gasteiger partial charge in [-0.05, 0) is 55.7 Å². The maximum Gasteiger partial charge on any atom is 0.267 e. The summed E-state index contributed by atoms with van der Waals surface area (Å²) in [6.07, 6.45) is 3.96. The van der Waals surface area contributed by atoms with Gasteiger partial charge < -0.3 is 9.88 Å². The molecule has 2 aromatic carbocycles. The maximum absolute atomic E-state index is 13.2. The van der Waals surface area contributed by atoms with Gasteiger partial charge in [0.1, 0.15) is 4.88 Å². The van der Waals surface area contributed by atoms with Crippen LogP contribution in [0.3, 0.4) is 0 Å². The van der Waals surface area contributed by atoms with Crippen LogP contribution in [-0.2, 0) is 0 Å². The molecule has 0 saturated heterocycles. The SMILES string of the molecule is Cc1cccc(-c2csc(C(=O)Nc3cc(C)ccc3C)c2-n2cccc2)c1. The van der Waals surface area contributed by atoms with Crippen molar-refractivity contribution < 1.29 is 4.79 Å². The summed E-state index contributed by atoms with van der Waals surface area (Å²) in [5.41, 5.74) is 7.33. The first-order valence-electron chi connectivity index (χ1n) is 9.23. The van der Waals surface area contributed by atoms with E-state index in [2.05, 4.69) is 48.0 Å². The molecule has 0 unspecified atom stereocenters. The number of benzene rings is 2. The Bertz CT molecular complexity index is 1140. The second kappa shape index (κ2) is 7.49. The van der Waals surface area contributed by atoms with Gasteiger partial charge in [0.25, 0.3) is 5.91 Å². The van der Waals surface area contributed by atoms with Crippen LogP contribution < -0.4 is 5.32 Å². The summed E-state index contributed by atoms with van der Waals surface area (Å²) in [7, 11) is 0. The van der Waals surface area contributed by atoms with E-state index in [-0.39, 0.29) is 5.91 Å². The molecule has 0 spiro atoms. The number of hydrogen-bond acceptors (Lipinski definition) is 2. The highest BCUT2D eigenvalue weighted by Crippen LogP contribution is 2.36. The number of nitrogens with one attached hydrogen (secondary N) is 1. The molecule has 4 aromatic rings. The van der Waals surface area contributed by atoms with E-state index in [1.165, 1.54) is 16.9 Å². The Balaban J connectivity index is 1.79. The van der Waals surface area contributed by atoms with Crippen LogP contribution in [0, 0.1) is 20.8 Å². The summed E-state index contributed by atoms with van der Waals surface area (Å²) in [5.74, 6) is -0.0821. The van der Waals surface area contributed by atoms with Crippen LogP contribution in [0.5, 0.6) is 0 Å². The van der Waals surface area contributed by atoms with Gasteiger partial charge in [0.2, 0.25) is 0 Å². The van der Waals surface area contributed by atoms with E-state index in [0.29, 0.717) is 4.88 Å². The Morgan fingerprint density at radius 3 is 2.43 bits per heavy atom. The standard InChI is InChI=1S/C24H22N2OS/c1-16-7-6-8-19(13-16)20-15-28-23(22(20)26-11-4-5-12-26)24(27)25-21-14-17(2)9-10-18(21)3/h4-15H,1-3H3,(H,25,27). The van der Waals surface area contributed by atoms with Crippen molar-refractivity contribution in [1.29, 1.82) is 0 Å². The van der Waals surface area contributed by atoms with Crippen molar-refractivity contribution in [2.75, 3.05) is 5.32 Å². The van der Waals surface area contributed by atoms with Crippen LogP contribution in [0.2, 0.25) is 0 Å². The zero-order chi connectivity index (χ0) is 19.7. The molecular formula is C24H22N2OS. The minimum absolute atomic E-state index is 0.0821. The molecule has 0 aliphatic heterocycles. The molecule has 3 nitrogen and oxygen atoms in total. The van der Waals surface area contributed by atoms with E-state index in [1.54, 1.807) is 0 Å². The fourth-order valence-electron chi connectivity index (χ4n) is 3.32. The fourth-order valence-corrected chi connectivity index (χ4v) is 4.29. The third-order valence-corrected chi connectivity index (χ3v) is 5.77. The smallest absolute Gasteiger partial charge is 0.267 e. The number of carbonyl (C=O) groups is 1. The zero-order valence-corrected chi connectivity index (χ0v) is 17.0. The molecule has 4 rings (SSSR count). The van der Waals surface area contributed by atoms with Crippen LogP contribution >= 0.6 is 11.3 Å². The predicted octanol–water partition coefficient (Wildman–Crippen LogP) is 6.38. The first kappa shape index (κ1) is 18.3. The lowest BCUT2D eigenvalue weighted by molar-refractivity contribution is 0.103. The Hall–Kier alpha value is -3.11. The maximum atomic E-state index is 13.2. The normalized spacial score (nSPS) is 10.8. The molecular weight excluding hydrogens is 364 g/mol. The van der Waals surface area contributed by atoms with E-state index in [0.717, 1.165) is 33.6 Å². The van der Waals surface area contributed by atoms with E-state index < -0.39 is 0 Å². The average Bonchev–Trinajstić information content (AvgIpc) is 3.33. The van der Waals surface area contributed by atoms with Crippen molar-refractivity contribution >= 4 is 22.9 Å². The highest BCUT2D eigenvalue weighted by molar-refractivity contribution is 7.13. The van der Waals surface area contributed by atoms with Crippen molar-refractivity contribution in [2.24, 2.45) is 0 Å². The zero-order valence-electron chi connectivity index (χ0n) is 16.2. The van der Waals surface area contributed by atoms with E-state index in [1.807, 2.05) is 55.1 Å². The highest BCUT2D eigenvalue weighted by atomic mass is 32.1. The van der Waals surface area contributed by atoms with Gasteiger partial charge in [-0.25, -0.2) is 0 Å². The number of aryl methyl sites for hydroxylation is 3. The summed E-state index contributed by atoms with van der Waals surface area (Å²) in [5, 5.41) is 5.18. The monoisotopic (exact) mass is 386 g/mol. The van der Waals surface area contributed by atoms with Crippen molar-refractivity contribution in [3.05, 3.63) is 93.9 Å². The predicted molar refractivity (Wildman–Crippen MR) is 118 cm³/mol. The van der Waals surface area contributed by atoms with Crippen LogP contribution in [0.1, 0.15) is 26.4 Å². The summed E-state index contributed by atoms with van der Waals surface area (Å²) in [6.45, 7) is 6.12. The lowest BCUT2D eigenvalue weighted by Crippen LogP contribution is -2.14. The lowest BCUT2D eigenvalue weighted by Gasteiger charge is -2.12. The molecule has 0 aliphatic carbocycles. The van der Waals surface area contributed by atoms with Crippen LogP contribution in [0.25, 0.3) is 16.8 Å². The fraction of sp³-hybridized carbons (Fsp3) is 0.125. The molecule has 0 fully saturated rings. The molecule has 0 bridgehead atoms. The van der Waals surface area contributed by atoms with E-state index in [9.17, 15) is 4.79 Å². The van der Waals surface area contributed by atoms with Gasteiger partial charge >= 0.3 is 0 Å². The molecule has 140 valence electrons. The summed E-state index contributed by atoms with van der Waals surface area (Å²) in [4.78, 5) is 13.9. The number of thiophene rings is 1. The van der Waals surface area contributed by atoms with Crippen molar-refractivity contribution in [3.63, 3.8) is 0 Å². The minimum atomic E-state index is -0.0821. The molecule has 4 heteroatoms. The quantitative estimate of drug-likeness (QED) is 0.434. The second-order valence-electron chi connectivity index (χ2n) is 7.06.